The third-order valence-corrected chi connectivity index (χ3v) is 8.17. The van der Waals surface area contributed by atoms with Crippen LogP contribution in [0.1, 0.15) is 38.8 Å². The SMILES string of the molecule is CC(C)(C)O.CCOC(=O)Cc1c(C)cc2nc(-c3ccnc(-c4nn(C)c5ccccc45)c3)sc2c1-c1ccc(Cl)cc1. The summed E-state index contributed by atoms with van der Waals surface area (Å²) in [6.45, 7) is 9.41. The van der Waals surface area contributed by atoms with E-state index in [1.54, 1.807) is 38.3 Å². The molecule has 0 atom stereocenters. The van der Waals surface area contributed by atoms with Crippen molar-refractivity contribution in [3.63, 3.8) is 0 Å². The number of aliphatic hydroxyl groups is 1. The zero-order valence-electron chi connectivity index (χ0n) is 25.7. The number of benzene rings is 3. The van der Waals surface area contributed by atoms with Gasteiger partial charge in [-0.25, -0.2) is 4.98 Å². The molecule has 0 spiro atoms. The predicted octanol–water partition coefficient (Wildman–Crippen LogP) is 8.42. The van der Waals surface area contributed by atoms with Crippen molar-refractivity contribution in [2.45, 2.75) is 46.6 Å². The van der Waals surface area contributed by atoms with Crippen molar-refractivity contribution >= 4 is 50.0 Å². The summed E-state index contributed by atoms with van der Waals surface area (Å²) >= 11 is 7.81. The van der Waals surface area contributed by atoms with Crippen molar-refractivity contribution in [3.05, 3.63) is 89.1 Å². The number of para-hydroxylation sites is 1. The van der Waals surface area contributed by atoms with Crippen LogP contribution in [0.5, 0.6) is 0 Å². The van der Waals surface area contributed by atoms with Crippen molar-refractivity contribution in [3.8, 4) is 33.1 Å². The number of aromatic nitrogens is 4. The fourth-order valence-corrected chi connectivity index (χ4v) is 6.22. The van der Waals surface area contributed by atoms with Crippen molar-refractivity contribution in [1.29, 1.82) is 0 Å². The molecular formula is C35H35ClN4O3S. The van der Waals surface area contributed by atoms with E-state index in [4.69, 9.17) is 31.5 Å². The van der Waals surface area contributed by atoms with Crippen LogP contribution in [0.15, 0.2) is 72.9 Å². The maximum Gasteiger partial charge on any atom is 0.310 e. The van der Waals surface area contributed by atoms with E-state index >= 15 is 0 Å². The Morgan fingerprint density at radius 1 is 1.05 bits per heavy atom. The van der Waals surface area contributed by atoms with E-state index in [9.17, 15) is 4.79 Å². The lowest BCUT2D eigenvalue weighted by atomic mass is 9.93. The second-order valence-electron chi connectivity index (χ2n) is 11.5. The van der Waals surface area contributed by atoms with E-state index in [1.165, 1.54) is 0 Å². The summed E-state index contributed by atoms with van der Waals surface area (Å²) < 4.78 is 8.19. The van der Waals surface area contributed by atoms with Gasteiger partial charge in [0.25, 0.3) is 0 Å². The van der Waals surface area contributed by atoms with Crippen LogP contribution in [0.2, 0.25) is 5.02 Å². The summed E-state index contributed by atoms with van der Waals surface area (Å²) in [7, 11) is 1.94. The number of nitrogens with zero attached hydrogens (tertiary/aromatic N) is 4. The Bertz CT molecular complexity index is 1950. The fourth-order valence-electron chi connectivity index (χ4n) is 4.96. The third-order valence-electron chi connectivity index (χ3n) is 6.78. The Morgan fingerprint density at radius 3 is 2.45 bits per heavy atom. The molecule has 0 aliphatic rings. The van der Waals surface area contributed by atoms with Crippen LogP contribution in [0, 0.1) is 6.92 Å². The molecule has 0 radical (unpaired) electrons. The highest BCUT2D eigenvalue weighted by Crippen LogP contribution is 2.41. The number of pyridine rings is 1. The number of esters is 1. The minimum Gasteiger partial charge on any atom is -0.466 e. The second kappa shape index (κ2) is 12.9. The molecule has 226 valence electrons. The van der Waals surface area contributed by atoms with E-state index in [2.05, 4.69) is 23.2 Å². The average molecular weight is 627 g/mol. The summed E-state index contributed by atoms with van der Waals surface area (Å²) in [4.78, 5) is 22.2. The number of halogens is 1. The van der Waals surface area contributed by atoms with Crippen LogP contribution >= 0.6 is 22.9 Å². The van der Waals surface area contributed by atoms with E-state index in [0.717, 1.165) is 65.3 Å². The summed E-state index contributed by atoms with van der Waals surface area (Å²) in [6, 6.07) is 21.9. The van der Waals surface area contributed by atoms with Gasteiger partial charge in [0.05, 0.1) is 40.1 Å². The molecule has 1 N–H and O–H groups in total. The highest BCUT2D eigenvalue weighted by Gasteiger charge is 2.21. The predicted molar refractivity (Wildman–Crippen MR) is 180 cm³/mol. The standard InChI is InChI=1S/C31H25ClN4O2S.C4H10O/c1-4-38-27(37)17-23-18(2)15-25-30(28(23)19-9-11-21(32)12-10-19)39-31(34-25)20-13-14-33-24(16-20)29-22-7-5-6-8-26(22)36(3)35-29;1-4(2,3)5/h5-16H,4,17H2,1-3H3;5H,1-3H3. The molecule has 0 saturated carbocycles. The molecule has 6 rings (SSSR count). The summed E-state index contributed by atoms with van der Waals surface area (Å²) in [5, 5.41) is 15.9. The number of aryl methyl sites for hydroxylation is 2. The second-order valence-corrected chi connectivity index (χ2v) is 12.9. The third kappa shape index (κ3) is 6.99. The van der Waals surface area contributed by atoms with Gasteiger partial charge in [-0.2, -0.15) is 5.10 Å². The number of hydrogen-bond donors (Lipinski definition) is 1. The Kier molecular flexibility index (Phi) is 9.15. The first-order valence-electron chi connectivity index (χ1n) is 14.4. The molecule has 6 aromatic rings. The minimum absolute atomic E-state index is 0.187. The summed E-state index contributed by atoms with van der Waals surface area (Å²) in [5.74, 6) is -0.249. The zero-order chi connectivity index (χ0) is 31.6. The van der Waals surface area contributed by atoms with Gasteiger partial charge < -0.3 is 9.84 Å². The van der Waals surface area contributed by atoms with Crippen molar-refractivity contribution < 1.29 is 14.6 Å². The molecular weight excluding hydrogens is 592 g/mol. The molecule has 3 heterocycles. The first-order valence-corrected chi connectivity index (χ1v) is 15.6. The Balaban J connectivity index is 0.000000712. The Morgan fingerprint density at radius 2 is 1.75 bits per heavy atom. The van der Waals surface area contributed by atoms with Crippen LogP contribution in [0.4, 0.5) is 0 Å². The molecule has 0 unspecified atom stereocenters. The lowest BCUT2D eigenvalue weighted by Crippen LogP contribution is -2.10. The number of carbonyl (C=O) groups excluding carboxylic acids is 1. The van der Waals surface area contributed by atoms with E-state index in [1.807, 2.05) is 74.1 Å². The molecule has 0 aliphatic heterocycles. The lowest BCUT2D eigenvalue weighted by Gasteiger charge is -2.14. The van der Waals surface area contributed by atoms with Crippen molar-refractivity contribution in [2.24, 2.45) is 7.05 Å². The Hall–Kier alpha value is -4.11. The van der Waals surface area contributed by atoms with E-state index < -0.39 is 5.60 Å². The summed E-state index contributed by atoms with van der Waals surface area (Å²) in [6.07, 6.45) is 1.99. The number of rotatable bonds is 6. The maximum absolute atomic E-state index is 12.6. The van der Waals surface area contributed by atoms with Gasteiger partial charge in [0.15, 0.2) is 0 Å². The summed E-state index contributed by atoms with van der Waals surface area (Å²) in [5.41, 5.74) is 7.93. The van der Waals surface area contributed by atoms with Gasteiger partial charge in [-0.05, 0) is 87.7 Å². The number of fused-ring (bicyclic) bond motifs is 2. The van der Waals surface area contributed by atoms with Crippen LogP contribution in [-0.2, 0) is 23.0 Å². The van der Waals surface area contributed by atoms with Gasteiger partial charge in [0.1, 0.15) is 10.7 Å². The molecule has 3 aromatic heterocycles. The first-order chi connectivity index (χ1) is 20.9. The molecule has 0 bridgehead atoms. The topological polar surface area (TPSA) is 90.1 Å². The molecule has 44 heavy (non-hydrogen) atoms. The van der Waals surface area contributed by atoms with Gasteiger partial charge in [-0.15, -0.1) is 11.3 Å². The number of ether oxygens (including phenoxy) is 1. The number of hydrogen-bond acceptors (Lipinski definition) is 7. The van der Waals surface area contributed by atoms with E-state index in [-0.39, 0.29) is 12.4 Å². The number of thiazole rings is 1. The molecule has 0 aliphatic carbocycles. The molecule has 7 nitrogen and oxygen atoms in total. The average Bonchev–Trinajstić information content (AvgIpc) is 3.54. The molecule has 0 amide bonds. The molecule has 0 fully saturated rings. The Labute approximate surface area is 266 Å². The van der Waals surface area contributed by atoms with Gasteiger partial charge in [0.2, 0.25) is 0 Å². The van der Waals surface area contributed by atoms with Crippen LogP contribution in [0.3, 0.4) is 0 Å². The normalized spacial score (nSPS) is 11.5. The van der Waals surface area contributed by atoms with E-state index in [0.29, 0.717) is 11.6 Å². The van der Waals surface area contributed by atoms with Crippen LogP contribution in [0.25, 0.3) is 54.2 Å². The first kappa shape index (κ1) is 31.3. The quantitative estimate of drug-likeness (QED) is 0.187. The highest BCUT2D eigenvalue weighted by molar-refractivity contribution is 7.22. The van der Waals surface area contributed by atoms with Crippen LogP contribution in [-0.4, -0.2) is 43.0 Å². The number of carbonyl (C=O) groups is 1. The monoisotopic (exact) mass is 626 g/mol. The maximum atomic E-state index is 12.6. The van der Waals surface area contributed by atoms with Gasteiger partial charge >= 0.3 is 5.97 Å². The minimum atomic E-state index is -0.500. The van der Waals surface area contributed by atoms with Gasteiger partial charge in [0, 0.05) is 34.8 Å². The largest absolute Gasteiger partial charge is 0.466 e. The molecule has 0 saturated heterocycles. The fraction of sp³-hybridized carbons (Fsp3) is 0.257. The van der Waals surface area contributed by atoms with Crippen molar-refractivity contribution in [2.75, 3.05) is 6.61 Å². The van der Waals surface area contributed by atoms with Crippen molar-refractivity contribution in [1.82, 2.24) is 19.7 Å². The lowest BCUT2D eigenvalue weighted by molar-refractivity contribution is -0.142. The zero-order valence-corrected chi connectivity index (χ0v) is 27.3. The van der Waals surface area contributed by atoms with Crippen LogP contribution < -0.4 is 0 Å². The smallest absolute Gasteiger partial charge is 0.310 e. The van der Waals surface area contributed by atoms with Gasteiger partial charge in [-0.1, -0.05) is 41.9 Å². The van der Waals surface area contributed by atoms with Gasteiger partial charge in [-0.3, -0.25) is 14.5 Å². The molecule has 9 heteroatoms. The molecule has 3 aromatic carbocycles. The highest BCUT2D eigenvalue weighted by atomic mass is 35.5.